The maximum Gasteiger partial charge on any atom is 0.414 e. The lowest BCUT2D eigenvalue weighted by atomic mass is 10.1. The third kappa shape index (κ3) is 6.66. The van der Waals surface area contributed by atoms with Crippen molar-refractivity contribution >= 4 is 40.4 Å². The van der Waals surface area contributed by atoms with Crippen LogP contribution >= 0.6 is 0 Å². The number of carbonyl (C=O) groups excluding carboxylic acids is 2. The number of carbonyl (C=O) groups is 2. The Morgan fingerprint density at radius 1 is 1.00 bits per heavy atom. The smallest absolute Gasteiger partial charge is 0.414 e. The molecule has 2 aliphatic rings. The van der Waals surface area contributed by atoms with Crippen molar-refractivity contribution in [1.29, 1.82) is 0 Å². The Hall–Kier alpha value is -5.79. The highest BCUT2D eigenvalue weighted by molar-refractivity contribution is 5.96. The van der Waals surface area contributed by atoms with E-state index in [-0.39, 0.29) is 17.7 Å². The van der Waals surface area contributed by atoms with Gasteiger partial charge in [0.1, 0.15) is 11.3 Å². The Morgan fingerprint density at radius 2 is 1.82 bits per heavy atom. The Morgan fingerprint density at radius 3 is 2.59 bits per heavy atom. The molecule has 0 unspecified atom stereocenters. The monoisotopic (exact) mass is 663 g/mol. The van der Waals surface area contributed by atoms with Crippen LogP contribution in [0.15, 0.2) is 66.9 Å². The number of benzene rings is 3. The van der Waals surface area contributed by atoms with Crippen LogP contribution in [0.1, 0.15) is 48.7 Å². The second-order valence-corrected chi connectivity index (χ2v) is 13.3. The van der Waals surface area contributed by atoms with Crippen LogP contribution in [0.25, 0.3) is 22.3 Å². The first kappa shape index (κ1) is 31.8. The Labute approximate surface area is 282 Å². The summed E-state index contributed by atoms with van der Waals surface area (Å²) in [6, 6.07) is 18.1. The molecule has 5 aromatic rings. The first-order valence-corrected chi connectivity index (χ1v) is 16.3. The van der Waals surface area contributed by atoms with Crippen LogP contribution in [0.5, 0.6) is 0 Å². The quantitative estimate of drug-likeness (QED) is 0.185. The molecule has 2 amide bonds. The highest BCUT2D eigenvalue weighted by atomic mass is 16.6. The maximum absolute atomic E-state index is 13.5. The lowest BCUT2D eigenvalue weighted by Gasteiger charge is -2.25. The van der Waals surface area contributed by atoms with E-state index in [4.69, 9.17) is 4.74 Å². The number of hydrogen-bond donors (Lipinski definition) is 1. The predicted molar refractivity (Wildman–Crippen MR) is 184 cm³/mol. The van der Waals surface area contributed by atoms with Gasteiger partial charge in [0.15, 0.2) is 0 Å². The number of nitrogens with zero attached hydrogens (tertiary/aromatic N) is 8. The van der Waals surface area contributed by atoms with Crippen LogP contribution in [0.2, 0.25) is 0 Å². The van der Waals surface area contributed by atoms with Crippen molar-refractivity contribution < 1.29 is 19.2 Å². The molecular formula is C35H37N9O5. The number of nitro benzene ring substituents is 1. The van der Waals surface area contributed by atoms with Crippen LogP contribution in [0.3, 0.4) is 0 Å². The molecular weight excluding hydrogens is 626 g/mol. The number of hydrogen-bond acceptors (Lipinski definition) is 9. The van der Waals surface area contributed by atoms with Crippen LogP contribution in [-0.2, 0) is 17.7 Å². The third-order valence-electron chi connectivity index (χ3n) is 8.71. The van der Waals surface area contributed by atoms with Crippen molar-refractivity contribution in [2.45, 2.75) is 45.8 Å². The zero-order valence-electron chi connectivity index (χ0n) is 27.6. The first-order chi connectivity index (χ1) is 23.5. The van der Waals surface area contributed by atoms with Gasteiger partial charge < -0.3 is 19.5 Å². The van der Waals surface area contributed by atoms with E-state index in [1.54, 1.807) is 15.6 Å². The number of amides is 2. The molecule has 1 saturated heterocycles. The summed E-state index contributed by atoms with van der Waals surface area (Å²) in [4.78, 5) is 50.6. The molecule has 252 valence electrons. The minimum atomic E-state index is -0.598. The fourth-order valence-electron chi connectivity index (χ4n) is 6.36. The second kappa shape index (κ2) is 12.7. The number of fused-ring (bicyclic) bond motifs is 2. The average molecular weight is 664 g/mol. The molecule has 4 heterocycles. The van der Waals surface area contributed by atoms with E-state index in [0.717, 1.165) is 35.2 Å². The molecule has 3 aromatic carbocycles. The number of nitro groups is 1. The summed E-state index contributed by atoms with van der Waals surface area (Å²) < 4.78 is 7.41. The summed E-state index contributed by atoms with van der Waals surface area (Å²) in [6.45, 7) is 9.00. The molecule has 49 heavy (non-hydrogen) atoms. The summed E-state index contributed by atoms with van der Waals surface area (Å²) in [5, 5.41) is 19.9. The van der Waals surface area contributed by atoms with E-state index >= 15 is 0 Å². The molecule has 0 radical (unpaired) electrons. The zero-order chi connectivity index (χ0) is 34.3. The number of imidazole rings is 1. The SMILES string of the molecule is CC(C)(C)OC(=O)N1CCc2cccc(-c3cn(Cc4ccc(C(=O)N5CCCN(c6nc7ccc([N+](=O)[O-])cc7[nH]6)CC5)cc4)nn3)c21. The number of H-pyrrole nitrogens is 1. The number of para-hydroxylation sites is 1. The number of rotatable bonds is 6. The van der Waals surface area contributed by atoms with Crippen molar-refractivity contribution in [3.05, 3.63) is 93.7 Å². The van der Waals surface area contributed by atoms with Crippen LogP contribution in [-0.4, -0.2) is 85.1 Å². The molecule has 14 heteroatoms. The van der Waals surface area contributed by atoms with E-state index in [9.17, 15) is 19.7 Å². The predicted octanol–water partition coefficient (Wildman–Crippen LogP) is 5.43. The highest BCUT2D eigenvalue weighted by Gasteiger charge is 2.32. The van der Waals surface area contributed by atoms with Gasteiger partial charge in [0.2, 0.25) is 5.95 Å². The van der Waals surface area contributed by atoms with E-state index in [2.05, 4.69) is 25.2 Å². The highest BCUT2D eigenvalue weighted by Crippen LogP contribution is 2.38. The zero-order valence-corrected chi connectivity index (χ0v) is 27.6. The van der Waals surface area contributed by atoms with E-state index in [1.807, 2.05) is 74.3 Å². The van der Waals surface area contributed by atoms with Gasteiger partial charge in [-0.25, -0.2) is 14.5 Å². The van der Waals surface area contributed by atoms with Gasteiger partial charge in [-0.2, -0.15) is 0 Å². The van der Waals surface area contributed by atoms with Gasteiger partial charge in [-0.1, -0.05) is 35.5 Å². The Balaban J connectivity index is 0.991. The largest absolute Gasteiger partial charge is 0.443 e. The lowest BCUT2D eigenvalue weighted by molar-refractivity contribution is -0.384. The van der Waals surface area contributed by atoms with Crippen molar-refractivity contribution in [1.82, 2.24) is 29.9 Å². The number of aromatic nitrogens is 5. The van der Waals surface area contributed by atoms with Crippen molar-refractivity contribution in [3.8, 4) is 11.3 Å². The van der Waals surface area contributed by atoms with Gasteiger partial charge in [0.25, 0.3) is 11.6 Å². The molecule has 14 nitrogen and oxygen atoms in total. The standard InChI is InChI=1S/C35H37N9O5/c1-35(2,3)49-34(46)43-17-14-24-6-4-7-27(31(24)43)30-22-42(39-38-30)21-23-8-10-25(11-9-23)32(45)40-15-5-16-41(19-18-40)33-36-28-13-12-26(44(47)48)20-29(28)37-33/h4,6-13,20,22H,5,14-19,21H2,1-3H3,(H,36,37). The van der Waals surface area contributed by atoms with Crippen molar-refractivity contribution in [2.24, 2.45) is 0 Å². The number of aromatic amines is 1. The molecule has 1 N–H and O–H groups in total. The van der Waals surface area contributed by atoms with E-state index < -0.39 is 10.5 Å². The number of non-ortho nitro benzene ring substituents is 1. The van der Waals surface area contributed by atoms with Gasteiger partial charge in [-0.3, -0.25) is 19.8 Å². The molecule has 2 aromatic heterocycles. The molecule has 1 fully saturated rings. The summed E-state index contributed by atoms with van der Waals surface area (Å²) in [5.74, 6) is 0.603. The van der Waals surface area contributed by atoms with E-state index in [0.29, 0.717) is 67.5 Å². The normalized spacial score (nSPS) is 15.0. The topological polar surface area (TPSA) is 156 Å². The van der Waals surface area contributed by atoms with Crippen molar-refractivity contribution in [2.75, 3.05) is 42.5 Å². The lowest BCUT2D eigenvalue weighted by Crippen LogP contribution is -2.35. The van der Waals surface area contributed by atoms with E-state index in [1.165, 1.54) is 12.1 Å². The molecule has 0 bridgehead atoms. The molecule has 7 rings (SSSR count). The number of ether oxygens (including phenoxy) is 1. The summed E-state index contributed by atoms with van der Waals surface area (Å²) >= 11 is 0. The van der Waals surface area contributed by atoms with Crippen LogP contribution < -0.4 is 9.80 Å². The van der Waals surface area contributed by atoms with Gasteiger partial charge in [-0.05, 0) is 62.9 Å². The first-order valence-electron chi connectivity index (χ1n) is 16.3. The molecule has 0 atom stereocenters. The van der Waals surface area contributed by atoms with Gasteiger partial charge >= 0.3 is 6.09 Å². The Bertz CT molecular complexity index is 2050. The third-order valence-corrected chi connectivity index (χ3v) is 8.71. The van der Waals surface area contributed by atoms with Gasteiger partial charge in [0.05, 0.1) is 34.4 Å². The molecule has 2 aliphatic heterocycles. The summed E-state index contributed by atoms with van der Waals surface area (Å²) in [6.07, 6.45) is 2.99. The second-order valence-electron chi connectivity index (χ2n) is 13.3. The van der Waals surface area contributed by atoms with Gasteiger partial charge in [0, 0.05) is 56.0 Å². The number of anilines is 2. The molecule has 0 aliphatic carbocycles. The summed E-state index contributed by atoms with van der Waals surface area (Å²) in [5.41, 5.74) is 5.63. The summed E-state index contributed by atoms with van der Waals surface area (Å²) in [7, 11) is 0. The molecule has 0 spiro atoms. The fraction of sp³-hybridized carbons (Fsp3) is 0.343. The fourth-order valence-corrected chi connectivity index (χ4v) is 6.36. The number of nitrogens with one attached hydrogen (secondary N) is 1. The Kier molecular flexibility index (Phi) is 8.22. The van der Waals surface area contributed by atoms with Crippen LogP contribution in [0, 0.1) is 10.1 Å². The minimum absolute atomic E-state index is 0.00986. The van der Waals surface area contributed by atoms with Crippen LogP contribution in [0.4, 0.5) is 22.1 Å². The average Bonchev–Trinajstić information content (AvgIpc) is 3.78. The molecule has 0 saturated carbocycles. The minimum Gasteiger partial charge on any atom is -0.443 e. The maximum atomic E-state index is 13.5. The van der Waals surface area contributed by atoms with Gasteiger partial charge in [-0.15, -0.1) is 5.10 Å². The van der Waals surface area contributed by atoms with Crippen molar-refractivity contribution in [3.63, 3.8) is 0 Å².